The van der Waals surface area contributed by atoms with Crippen LogP contribution in [0.3, 0.4) is 0 Å². The fourth-order valence-corrected chi connectivity index (χ4v) is 5.76. The Hall–Kier alpha value is -3.83. The second kappa shape index (κ2) is 12.0. The minimum atomic E-state index is -4.54. The molecule has 1 saturated heterocycles. The molecule has 1 aliphatic rings. The molecule has 2 heterocycles. The van der Waals surface area contributed by atoms with E-state index in [0.717, 1.165) is 17.8 Å². The Balaban J connectivity index is 1.27. The highest BCUT2D eigenvalue weighted by atomic mass is 35.5. The summed E-state index contributed by atoms with van der Waals surface area (Å²) in [6, 6.07) is 20.9. The number of thioether (sulfide) groups is 1. The SMILES string of the molecule is CC1CN(C(=O)CSc2nnc(-c3ccccc3Cl)n2-c2ccccc2)CCN1C(=O)c1cccc(C(F)(F)F)c1. The monoisotopic (exact) mass is 599 g/mol. The number of piperazine rings is 1. The molecule has 0 spiro atoms. The number of aromatic nitrogens is 3. The zero-order valence-corrected chi connectivity index (χ0v) is 23.5. The van der Waals surface area contributed by atoms with Gasteiger partial charge in [0.05, 0.1) is 16.3 Å². The van der Waals surface area contributed by atoms with Crippen LogP contribution < -0.4 is 0 Å². The maximum absolute atomic E-state index is 13.2. The first kappa shape index (κ1) is 28.7. The van der Waals surface area contributed by atoms with Crippen LogP contribution in [0.2, 0.25) is 5.02 Å². The van der Waals surface area contributed by atoms with Gasteiger partial charge in [0.2, 0.25) is 5.91 Å². The lowest BCUT2D eigenvalue weighted by atomic mass is 10.1. The van der Waals surface area contributed by atoms with Gasteiger partial charge in [-0.05, 0) is 49.4 Å². The zero-order valence-electron chi connectivity index (χ0n) is 21.9. The Labute approximate surface area is 243 Å². The molecule has 1 aromatic heterocycles. The molecule has 1 fully saturated rings. The van der Waals surface area contributed by atoms with Gasteiger partial charge in [-0.2, -0.15) is 13.2 Å². The minimum absolute atomic E-state index is 0.0309. The van der Waals surface area contributed by atoms with Crippen molar-refractivity contribution in [3.05, 3.63) is 95.0 Å². The number of hydrogen-bond donors (Lipinski definition) is 0. The van der Waals surface area contributed by atoms with Crippen molar-refractivity contribution >= 4 is 35.2 Å². The second-order valence-corrected chi connectivity index (χ2v) is 10.9. The maximum Gasteiger partial charge on any atom is 0.416 e. The number of benzene rings is 3. The van der Waals surface area contributed by atoms with Crippen molar-refractivity contribution in [1.82, 2.24) is 24.6 Å². The van der Waals surface area contributed by atoms with Crippen molar-refractivity contribution in [2.24, 2.45) is 0 Å². The van der Waals surface area contributed by atoms with Gasteiger partial charge in [-0.15, -0.1) is 10.2 Å². The number of para-hydroxylation sites is 1. The third kappa shape index (κ3) is 6.25. The molecule has 4 aromatic rings. The highest BCUT2D eigenvalue weighted by Gasteiger charge is 2.34. The van der Waals surface area contributed by atoms with Crippen molar-refractivity contribution in [1.29, 1.82) is 0 Å². The lowest BCUT2D eigenvalue weighted by molar-refractivity contribution is -0.137. The molecule has 5 rings (SSSR count). The molecule has 0 radical (unpaired) electrons. The van der Waals surface area contributed by atoms with Gasteiger partial charge in [-0.3, -0.25) is 14.2 Å². The number of halogens is 4. The Morgan fingerprint density at radius 1 is 0.976 bits per heavy atom. The quantitative estimate of drug-likeness (QED) is 0.252. The average molecular weight is 600 g/mol. The van der Waals surface area contributed by atoms with Gasteiger partial charge in [0.15, 0.2) is 11.0 Å². The zero-order chi connectivity index (χ0) is 29.1. The number of amides is 2. The molecule has 1 aliphatic heterocycles. The van der Waals surface area contributed by atoms with Crippen LogP contribution in [-0.2, 0) is 11.0 Å². The molecule has 3 aromatic carbocycles. The van der Waals surface area contributed by atoms with Gasteiger partial charge < -0.3 is 9.80 Å². The molecular weight excluding hydrogens is 575 g/mol. The summed E-state index contributed by atoms with van der Waals surface area (Å²) in [6.45, 7) is 2.52. The first-order chi connectivity index (χ1) is 19.6. The van der Waals surface area contributed by atoms with E-state index in [4.69, 9.17) is 11.6 Å². The van der Waals surface area contributed by atoms with Crippen LogP contribution in [0.5, 0.6) is 0 Å². The van der Waals surface area contributed by atoms with Crippen LogP contribution in [0.15, 0.2) is 84.0 Å². The molecule has 0 aliphatic carbocycles. The number of carbonyl (C=O) groups is 2. The normalized spacial score (nSPS) is 15.7. The van der Waals surface area contributed by atoms with Crippen molar-refractivity contribution in [3.8, 4) is 17.1 Å². The van der Waals surface area contributed by atoms with Gasteiger partial charge in [-0.25, -0.2) is 0 Å². The van der Waals surface area contributed by atoms with Crippen LogP contribution in [0.1, 0.15) is 22.8 Å². The van der Waals surface area contributed by atoms with E-state index in [9.17, 15) is 22.8 Å². The molecule has 212 valence electrons. The summed E-state index contributed by atoms with van der Waals surface area (Å²) in [7, 11) is 0. The lowest BCUT2D eigenvalue weighted by Crippen LogP contribution is -2.55. The van der Waals surface area contributed by atoms with Gasteiger partial charge >= 0.3 is 6.18 Å². The highest BCUT2D eigenvalue weighted by molar-refractivity contribution is 7.99. The van der Waals surface area contributed by atoms with Gasteiger partial charge in [0.25, 0.3) is 5.91 Å². The van der Waals surface area contributed by atoms with E-state index in [-0.39, 0.29) is 42.9 Å². The summed E-state index contributed by atoms with van der Waals surface area (Å²) in [4.78, 5) is 29.4. The van der Waals surface area contributed by atoms with Crippen molar-refractivity contribution in [3.63, 3.8) is 0 Å². The number of rotatable bonds is 6. The predicted molar refractivity (Wildman–Crippen MR) is 151 cm³/mol. The first-order valence-corrected chi connectivity index (χ1v) is 14.1. The molecule has 41 heavy (non-hydrogen) atoms. The van der Waals surface area contributed by atoms with Gasteiger partial charge in [0, 0.05) is 42.5 Å². The Morgan fingerprint density at radius 3 is 2.41 bits per heavy atom. The molecule has 1 atom stereocenters. The lowest BCUT2D eigenvalue weighted by Gasteiger charge is -2.40. The summed E-state index contributed by atoms with van der Waals surface area (Å²) in [6.07, 6.45) is -4.54. The van der Waals surface area contributed by atoms with Crippen LogP contribution in [0.25, 0.3) is 17.1 Å². The fourth-order valence-electron chi connectivity index (χ4n) is 4.69. The van der Waals surface area contributed by atoms with E-state index < -0.39 is 17.6 Å². The predicted octanol–water partition coefficient (Wildman–Crippen LogP) is 6.07. The Kier molecular flexibility index (Phi) is 8.37. The summed E-state index contributed by atoms with van der Waals surface area (Å²) < 4.78 is 41.2. The molecule has 1 unspecified atom stereocenters. The van der Waals surface area contributed by atoms with Gasteiger partial charge in [-0.1, -0.05) is 59.8 Å². The molecule has 0 bridgehead atoms. The number of alkyl halides is 3. The minimum Gasteiger partial charge on any atom is -0.338 e. The topological polar surface area (TPSA) is 71.3 Å². The van der Waals surface area contributed by atoms with Crippen molar-refractivity contribution in [2.45, 2.75) is 24.3 Å². The van der Waals surface area contributed by atoms with E-state index in [1.54, 1.807) is 17.9 Å². The first-order valence-electron chi connectivity index (χ1n) is 12.8. The fraction of sp³-hybridized carbons (Fsp3) is 0.241. The summed E-state index contributed by atoms with van der Waals surface area (Å²) in [5.74, 6) is -0.00272. The average Bonchev–Trinajstić information content (AvgIpc) is 3.39. The molecule has 0 N–H and O–H groups in total. The van der Waals surface area contributed by atoms with E-state index in [1.165, 1.54) is 28.8 Å². The number of carbonyl (C=O) groups excluding carboxylic acids is 2. The van der Waals surface area contributed by atoms with Crippen LogP contribution in [0.4, 0.5) is 13.2 Å². The number of nitrogens with zero attached hydrogens (tertiary/aromatic N) is 5. The Morgan fingerprint density at radius 2 is 1.71 bits per heavy atom. The smallest absolute Gasteiger partial charge is 0.338 e. The number of hydrogen-bond acceptors (Lipinski definition) is 5. The standard InChI is InChI=1S/C29H25ClF3N5O2S/c1-19-17-36(14-15-37(19)27(40)20-8-7-9-21(16-20)29(31,32)33)25(39)18-41-28-35-34-26(23-12-5-6-13-24(23)30)38(28)22-10-3-2-4-11-22/h2-13,16,19H,14-15,17-18H2,1H3. The van der Waals surface area contributed by atoms with E-state index in [2.05, 4.69) is 10.2 Å². The van der Waals surface area contributed by atoms with Crippen molar-refractivity contribution < 1.29 is 22.8 Å². The molecule has 2 amide bonds. The molecule has 7 nitrogen and oxygen atoms in total. The molecule has 0 saturated carbocycles. The van der Waals surface area contributed by atoms with E-state index in [1.807, 2.05) is 53.1 Å². The summed E-state index contributed by atoms with van der Waals surface area (Å²) in [5.41, 5.74) is 0.622. The third-order valence-electron chi connectivity index (χ3n) is 6.77. The summed E-state index contributed by atoms with van der Waals surface area (Å²) in [5, 5.41) is 9.77. The van der Waals surface area contributed by atoms with Crippen molar-refractivity contribution in [2.75, 3.05) is 25.4 Å². The molecule has 12 heteroatoms. The van der Waals surface area contributed by atoms with Gasteiger partial charge in [0.1, 0.15) is 0 Å². The van der Waals surface area contributed by atoms with E-state index >= 15 is 0 Å². The largest absolute Gasteiger partial charge is 0.416 e. The second-order valence-electron chi connectivity index (χ2n) is 9.51. The van der Waals surface area contributed by atoms with E-state index in [0.29, 0.717) is 21.6 Å². The highest BCUT2D eigenvalue weighted by Crippen LogP contribution is 2.32. The summed E-state index contributed by atoms with van der Waals surface area (Å²) >= 11 is 7.69. The van der Waals surface area contributed by atoms with Crippen LogP contribution in [0, 0.1) is 0 Å². The molecular formula is C29H25ClF3N5O2S. The third-order valence-corrected chi connectivity index (χ3v) is 8.01. The maximum atomic E-state index is 13.2. The van der Waals surface area contributed by atoms with Crippen LogP contribution in [-0.4, -0.2) is 67.8 Å². The van der Waals surface area contributed by atoms with Crippen LogP contribution >= 0.6 is 23.4 Å². The Bertz CT molecular complexity index is 1560.